The Hall–Kier alpha value is -2.44. The van der Waals surface area contributed by atoms with E-state index >= 15 is 0 Å². The minimum absolute atomic E-state index is 0.0990. The molecule has 2 aromatic heterocycles. The van der Waals surface area contributed by atoms with Gasteiger partial charge >= 0.3 is 6.01 Å². The molecule has 0 radical (unpaired) electrons. The summed E-state index contributed by atoms with van der Waals surface area (Å²) >= 11 is 0. The molecule has 1 amide bonds. The van der Waals surface area contributed by atoms with Crippen molar-refractivity contribution in [2.75, 3.05) is 13.1 Å². The molecule has 21 heavy (non-hydrogen) atoms. The number of ether oxygens (including phenoxy) is 1. The van der Waals surface area contributed by atoms with Gasteiger partial charge in [-0.3, -0.25) is 4.79 Å². The zero-order valence-electron chi connectivity index (χ0n) is 11.7. The van der Waals surface area contributed by atoms with Gasteiger partial charge in [0.25, 0.3) is 5.91 Å². The molecule has 1 aliphatic heterocycles. The SMILES string of the molecule is Cc1cc(C(=O)N2CCCC(Oc3ncccn3)C2)no1. The monoisotopic (exact) mass is 288 g/mol. The Balaban J connectivity index is 1.64. The summed E-state index contributed by atoms with van der Waals surface area (Å²) in [6.07, 6.45) is 4.91. The summed E-state index contributed by atoms with van der Waals surface area (Å²) in [5.41, 5.74) is 0.337. The van der Waals surface area contributed by atoms with Gasteiger partial charge in [0.05, 0.1) is 6.54 Å². The predicted molar refractivity (Wildman–Crippen MR) is 72.8 cm³/mol. The van der Waals surface area contributed by atoms with E-state index < -0.39 is 0 Å². The summed E-state index contributed by atoms with van der Waals surface area (Å²) in [6, 6.07) is 3.72. The van der Waals surface area contributed by atoms with Crippen molar-refractivity contribution in [3.8, 4) is 6.01 Å². The van der Waals surface area contributed by atoms with E-state index in [9.17, 15) is 4.79 Å². The standard InChI is InChI=1S/C14H16N4O3/c1-10-8-12(17-21-10)13(19)18-7-2-4-11(9-18)20-14-15-5-3-6-16-14/h3,5-6,8,11H,2,4,7,9H2,1H3. The summed E-state index contributed by atoms with van der Waals surface area (Å²) in [5.74, 6) is 0.495. The second kappa shape index (κ2) is 5.90. The maximum Gasteiger partial charge on any atom is 0.316 e. The molecule has 1 fully saturated rings. The topological polar surface area (TPSA) is 81.4 Å². The summed E-state index contributed by atoms with van der Waals surface area (Å²) < 4.78 is 10.7. The molecule has 110 valence electrons. The van der Waals surface area contributed by atoms with E-state index in [1.54, 1.807) is 36.4 Å². The number of hydrogen-bond donors (Lipinski definition) is 0. The van der Waals surface area contributed by atoms with Crippen LogP contribution in [0.25, 0.3) is 0 Å². The molecule has 1 atom stereocenters. The summed E-state index contributed by atoms with van der Waals surface area (Å²) in [4.78, 5) is 22.1. The van der Waals surface area contributed by atoms with Crippen LogP contribution in [0, 0.1) is 6.92 Å². The lowest BCUT2D eigenvalue weighted by Gasteiger charge is -2.31. The van der Waals surface area contributed by atoms with E-state index in [1.807, 2.05) is 0 Å². The Morgan fingerprint density at radius 3 is 2.95 bits per heavy atom. The van der Waals surface area contributed by atoms with Gasteiger partial charge in [-0.25, -0.2) is 9.97 Å². The maximum atomic E-state index is 12.3. The zero-order chi connectivity index (χ0) is 14.7. The molecule has 0 spiro atoms. The Kier molecular flexibility index (Phi) is 3.81. The number of amides is 1. The van der Waals surface area contributed by atoms with E-state index in [0.717, 1.165) is 12.8 Å². The third-order valence-corrected chi connectivity index (χ3v) is 3.33. The van der Waals surface area contributed by atoms with E-state index in [4.69, 9.17) is 9.26 Å². The highest BCUT2D eigenvalue weighted by molar-refractivity contribution is 5.92. The van der Waals surface area contributed by atoms with Crippen LogP contribution in [0.15, 0.2) is 29.0 Å². The molecule has 0 aliphatic carbocycles. The number of aromatic nitrogens is 3. The van der Waals surface area contributed by atoms with E-state index in [-0.39, 0.29) is 12.0 Å². The van der Waals surface area contributed by atoms with E-state index in [1.165, 1.54) is 0 Å². The van der Waals surface area contributed by atoms with Crippen LogP contribution in [0.2, 0.25) is 0 Å². The molecule has 0 aromatic carbocycles. The second-order valence-electron chi connectivity index (χ2n) is 4.99. The van der Waals surface area contributed by atoms with Gasteiger partial charge in [-0.2, -0.15) is 0 Å². The Morgan fingerprint density at radius 1 is 1.43 bits per heavy atom. The fourth-order valence-electron chi connectivity index (χ4n) is 2.34. The average molecular weight is 288 g/mol. The first-order valence-corrected chi connectivity index (χ1v) is 6.88. The zero-order valence-corrected chi connectivity index (χ0v) is 11.7. The lowest BCUT2D eigenvalue weighted by atomic mass is 10.1. The lowest BCUT2D eigenvalue weighted by molar-refractivity contribution is 0.0507. The van der Waals surface area contributed by atoms with E-state index in [0.29, 0.717) is 30.6 Å². The lowest BCUT2D eigenvalue weighted by Crippen LogP contribution is -2.44. The van der Waals surface area contributed by atoms with Gasteiger partial charge in [-0.05, 0) is 25.8 Å². The number of hydrogen-bond acceptors (Lipinski definition) is 6. The normalized spacial score (nSPS) is 18.5. The number of rotatable bonds is 3. The Bertz CT molecular complexity index is 614. The van der Waals surface area contributed by atoms with Crippen molar-refractivity contribution in [3.05, 3.63) is 36.0 Å². The fourth-order valence-corrected chi connectivity index (χ4v) is 2.34. The molecule has 3 rings (SSSR count). The van der Waals surface area contributed by atoms with Gasteiger partial charge in [0.1, 0.15) is 11.9 Å². The minimum atomic E-state index is -0.130. The van der Waals surface area contributed by atoms with Crippen LogP contribution in [-0.4, -0.2) is 45.1 Å². The Morgan fingerprint density at radius 2 is 2.24 bits per heavy atom. The first kappa shape index (κ1) is 13.5. The number of nitrogens with zero attached hydrogens (tertiary/aromatic N) is 4. The van der Waals surface area contributed by atoms with Gasteiger partial charge in [0, 0.05) is 25.0 Å². The van der Waals surface area contributed by atoms with Gasteiger partial charge in [0.2, 0.25) is 0 Å². The maximum absolute atomic E-state index is 12.3. The first-order valence-electron chi connectivity index (χ1n) is 6.88. The molecule has 3 heterocycles. The third kappa shape index (κ3) is 3.18. The Labute approximate surface area is 121 Å². The van der Waals surface area contributed by atoms with Crippen molar-refractivity contribution in [3.63, 3.8) is 0 Å². The molecule has 0 saturated carbocycles. The average Bonchev–Trinajstić information content (AvgIpc) is 2.94. The van der Waals surface area contributed by atoms with Crippen LogP contribution >= 0.6 is 0 Å². The van der Waals surface area contributed by atoms with Crippen LogP contribution in [0.4, 0.5) is 0 Å². The van der Waals surface area contributed by atoms with Gasteiger partial charge in [-0.15, -0.1) is 0 Å². The molecule has 7 nitrogen and oxygen atoms in total. The number of likely N-dealkylation sites (tertiary alicyclic amines) is 1. The van der Waals surface area contributed by atoms with Crippen molar-refractivity contribution in [2.24, 2.45) is 0 Å². The second-order valence-corrected chi connectivity index (χ2v) is 4.99. The van der Waals surface area contributed by atoms with Crippen molar-refractivity contribution in [1.82, 2.24) is 20.0 Å². The quantitative estimate of drug-likeness (QED) is 0.850. The molecule has 0 bridgehead atoms. The van der Waals surface area contributed by atoms with Crippen LogP contribution in [0.5, 0.6) is 6.01 Å². The molecular formula is C14H16N4O3. The first-order chi connectivity index (χ1) is 10.2. The van der Waals surface area contributed by atoms with Crippen LogP contribution in [0.1, 0.15) is 29.1 Å². The number of carbonyl (C=O) groups excluding carboxylic acids is 1. The van der Waals surface area contributed by atoms with Crippen molar-refractivity contribution in [2.45, 2.75) is 25.9 Å². The van der Waals surface area contributed by atoms with E-state index in [2.05, 4.69) is 15.1 Å². The third-order valence-electron chi connectivity index (χ3n) is 3.33. The minimum Gasteiger partial charge on any atom is -0.458 e. The smallest absolute Gasteiger partial charge is 0.316 e. The van der Waals surface area contributed by atoms with Gasteiger partial charge < -0.3 is 14.2 Å². The number of aryl methyl sites for hydroxylation is 1. The molecule has 7 heteroatoms. The molecular weight excluding hydrogens is 272 g/mol. The fraction of sp³-hybridized carbons (Fsp3) is 0.429. The summed E-state index contributed by atoms with van der Waals surface area (Å²) in [6.45, 7) is 2.96. The highest BCUT2D eigenvalue weighted by Gasteiger charge is 2.27. The van der Waals surface area contributed by atoms with Gasteiger partial charge in [0.15, 0.2) is 5.69 Å². The molecule has 0 N–H and O–H groups in total. The van der Waals surface area contributed by atoms with Gasteiger partial charge in [-0.1, -0.05) is 5.16 Å². The largest absolute Gasteiger partial charge is 0.458 e. The molecule has 1 aliphatic rings. The predicted octanol–water partition coefficient (Wildman–Crippen LogP) is 1.46. The summed E-state index contributed by atoms with van der Waals surface area (Å²) in [7, 11) is 0. The number of carbonyl (C=O) groups is 1. The highest BCUT2D eigenvalue weighted by atomic mass is 16.5. The summed E-state index contributed by atoms with van der Waals surface area (Å²) in [5, 5.41) is 3.77. The molecule has 1 unspecified atom stereocenters. The van der Waals surface area contributed by atoms with Crippen LogP contribution in [-0.2, 0) is 0 Å². The molecule has 1 saturated heterocycles. The van der Waals surface area contributed by atoms with Crippen molar-refractivity contribution in [1.29, 1.82) is 0 Å². The molecule has 2 aromatic rings. The van der Waals surface area contributed by atoms with Crippen LogP contribution < -0.4 is 4.74 Å². The number of piperidine rings is 1. The highest BCUT2D eigenvalue weighted by Crippen LogP contribution is 2.17. The van der Waals surface area contributed by atoms with Crippen molar-refractivity contribution < 1.29 is 14.1 Å². The van der Waals surface area contributed by atoms with Crippen LogP contribution in [0.3, 0.4) is 0 Å². The van der Waals surface area contributed by atoms with Crippen molar-refractivity contribution >= 4 is 5.91 Å².